The molecule has 0 aliphatic carbocycles. The van der Waals surface area contributed by atoms with Gasteiger partial charge in [0.15, 0.2) is 0 Å². The molecular formula is C31H27F3N4O6. The Morgan fingerprint density at radius 3 is 2.16 bits per heavy atom. The molecule has 4 aromatic rings. The number of carboxylic acids is 1. The number of carbonyl (C=O) groups excluding carboxylic acids is 3. The number of hydrogen-bond donors (Lipinski definition) is 2. The van der Waals surface area contributed by atoms with Crippen molar-refractivity contribution in [1.82, 2.24) is 15.1 Å². The maximum Gasteiger partial charge on any atom is 0.421 e. The number of hydrogen-bond acceptors (Lipinski definition) is 6. The fourth-order valence-corrected chi connectivity index (χ4v) is 4.43. The van der Waals surface area contributed by atoms with Crippen LogP contribution in [0.1, 0.15) is 38.9 Å². The smallest absolute Gasteiger partial charge is 0.421 e. The van der Waals surface area contributed by atoms with Crippen LogP contribution < -0.4 is 10.2 Å². The number of benzene rings is 3. The van der Waals surface area contributed by atoms with Gasteiger partial charge in [0.05, 0.1) is 17.9 Å². The summed E-state index contributed by atoms with van der Waals surface area (Å²) in [6.07, 6.45) is -1.69. The van der Waals surface area contributed by atoms with Gasteiger partial charge in [-0.25, -0.2) is 27.7 Å². The van der Waals surface area contributed by atoms with Crippen molar-refractivity contribution in [2.45, 2.75) is 26.3 Å². The molecule has 0 aliphatic rings. The highest BCUT2D eigenvalue weighted by Gasteiger charge is 2.34. The molecule has 0 saturated carbocycles. The Hall–Kier alpha value is -5.46. The molecule has 0 radical (unpaired) electrons. The van der Waals surface area contributed by atoms with Crippen molar-refractivity contribution in [1.29, 1.82) is 0 Å². The van der Waals surface area contributed by atoms with Gasteiger partial charge in [-0.3, -0.25) is 14.3 Å². The van der Waals surface area contributed by atoms with Gasteiger partial charge in [-0.1, -0.05) is 30.3 Å². The van der Waals surface area contributed by atoms with Crippen molar-refractivity contribution < 1.29 is 42.2 Å². The molecule has 4 rings (SSSR count). The predicted octanol–water partition coefficient (Wildman–Crippen LogP) is 5.04. The van der Waals surface area contributed by atoms with Gasteiger partial charge in [0.25, 0.3) is 11.8 Å². The van der Waals surface area contributed by atoms with Crippen LogP contribution in [0, 0.1) is 24.4 Å². The van der Waals surface area contributed by atoms with Gasteiger partial charge in [-0.15, -0.1) is 0 Å². The molecule has 1 atom stereocenters. The zero-order valence-electron chi connectivity index (χ0n) is 23.8. The number of carboxylic acid groups (broad SMARTS) is 1. The number of carbonyl (C=O) groups is 4. The van der Waals surface area contributed by atoms with Crippen molar-refractivity contribution in [3.63, 3.8) is 0 Å². The number of nitrogens with one attached hydrogen (secondary N) is 1. The molecule has 1 aromatic heterocycles. The zero-order valence-corrected chi connectivity index (χ0v) is 23.8. The van der Waals surface area contributed by atoms with Crippen molar-refractivity contribution >= 4 is 29.6 Å². The summed E-state index contributed by atoms with van der Waals surface area (Å²) in [5, 5.41) is 16.3. The van der Waals surface area contributed by atoms with Gasteiger partial charge in [0.2, 0.25) is 0 Å². The molecule has 44 heavy (non-hydrogen) atoms. The maximum atomic E-state index is 14.6. The molecule has 0 spiro atoms. The first-order valence-electron chi connectivity index (χ1n) is 13.3. The second kappa shape index (κ2) is 13.2. The van der Waals surface area contributed by atoms with Crippen molar-refractivity contribution in [3.05, 3.63) is 107 Å². The molecule has 13 heteroatoms. The lowest BCUT2D eigenvalue weighted by Gasteiger charge is -2.21. The lowest BCUT2D eigenvalue weighted by Crippen LogP contribution is -2.42. The van der Waals surface area contributed by atoms with Crippen LogP contribution in [0.5, 0.6) is 0 Å². The van der Waals surface area contributed by atoms with Crippen LogP contribution in [0.15, 0.2) is 66.7 Å². The van der Waals surface area contributed by atoms with E-state index in [4.69, 9.17) is 4.74 Å². The van der Waals surface area contributed by atoms with Crippen LogP contribution in [-0.2, 0) is 23.0 Å². The molecule has 0 aliphatic heterocycles. The number of anilines is 1. The first-order valence-corrected chi connectivity index (χ1v) is 13.3. The third kappa shape index (κ3) is 6.46. The van der Waals surface area contributed by atoms with Crippen LogP contribution in [-0.4, -0.2) is 51.4 Å². The summed E-state index contributed by atoms with van der Waals surface area (Å²) in [5.41, 5.74) is 0.0216. The van der Waals surface area contributed by atoms with Gasteiger partial charge in [0.1, 0.15) is 34.9 Å². The number of ether oxygens (including phenoxy) is 1. The minimum Gasteiger partial charge on any atom is -0.480 e. The van der Waals surface area contributed by atoms with Gasteiger partial charge in [-0.05, 0) is 50.2 Å². The van der Waals surface area contributed by atoms with E-state index < -0.39 is 59.4 Å². The van der Waals surface area contributed by atoms with E-state index in [1.165, 1.54) is 47.1 Å². The zero-order chi connectivity index (χ0) is 32.1. The Bertz CT molecular complexity index is 1720. The highest BCUT2D eigenvalue weighted by atomic mass is 19.1. The topological polar surface area (TPSA) is 131 Å². The molecule has 10 nitrogen and oxygen atoms in total. The fraction of sp³-hybridized carbons (Fsp3) is 0.194. The summed E-state index contributed by atoms with van der Waals surface area (Å²) in [7, 11) is 1.57. The molecule has 228 valence electrons. The quantitative estimate of drug-likeness (QED) is 0.272. The third-order valence-electron chi connectivity index (χ3n) is 6.78. The van der Waals surface area contributed by atoms with Crippen LogP contribution in [0.25, 0.3) is 11.3 Å². The number of halogens is 3. The van der Waals surface area contributed by atoms with E-state index in [-0.39, 0.29) is 29.1 Å². The van der Waals surface area contributed by atoms with E-state index >= 15 is 0 Å². The SMILES string of the molecule is CCOC(=O)N(C(=O)c1ccccc1F)c1c(-c2ccc(C(=O)NC(Cc3c(F)cccc3F)C(=O)O)cc2)nn(C)c1C. The van der Waals surface area contributed by atoms with E-state index in [1.807, 2.05) is 0 Å². The Balaban J connectivity index is 1.66. The summed E-state index contributed by atoms with van der Waals surface area (Å²) in [6, 6.07) is 12.2. The van der Waals surface area contributed by atoms with Crippen LogP contribution in [0.4, 0.5) is 23.7 Å². The lowest BCUT2D eigenvalue weighted by atomic mass is 10.0. The summed E-state index contributed by atoms with van der Waals surface area (Å²) < 4.78 is 49.3. The third-order valence-corrected chi connectivity index (χ3v) is 6.78. The second-order valence-corrected chi connectivity index (χ2v) is 9.57. The number of imide groups is 1. The molecule has 1 unspecified atom stereocenters. The standard InChI is InChI=1S/C31H27F3N4O6/c1-4-44-31(43)38(29(40)20-8-5-6-9-22(20)32)27-17(2)37(3)36-26(27)18-12-14-19(15-13-18)28(39)35-25(30(41)42)16-21-23(33)10-7-11-24(21)34/h5-15,25H,4,16H2,1-3H3,(H,35,39)(H,41,42). The van der Waals surface area contributed by atoms with Gasteiger partial charge in [0, 0.05) is 30.2 Å². The molecule has 0 bridgehead atoms. The molecule has 1 heterocycles. The van der Waals surface area contributed by atoms with Gasteiger partial charge in [-0.2, -0.15) is 5.10 Å². The molecule has 2 N–H and O–H groups in total. The van der Waals surface area contributed by atoms with E-state index in [2.05, 4.69) is 10.4 Å². The Morgan fingerprint density at radius 1 is 0.955 bits per heavy atom. The second-order valence-electron chi connectivity index (χ2n) is 9.57. The molecular weight excluding hydrogens is 581 g/mol. The van der Waals surface area contributed by atoms with E-state index in [0.717, 1.165) is 24.3 Å². The summed E-state index contributed by atoms with van der Waals surface area (Å²) in [6.45, 7) is 3.07. The number of aliphatic carboxylic acids is 1. The van der Waals surface area contributed by atoms with Crippen LogP contribution in [0.3, 0.4) is 0 Å². The maximum absolute atomic E-state index is 14.6. The number of aromatic nitrogens is 2. The number of rotatable bonds is 9. The molecule has 3 amide bonds. The average molecular weight is 609 g/mol. The Labute approximate surface area is 249 Å². The van der Waals surface area contributed by atoms with Crippen LogP contribution in [0.2, 0.25) is 0 Å². The van der Waals surface area contributed by atoms with E-state index in [0.29, 0.717) is 16.2 Å². The monoisotopic (exact) mass is 608 g/mol. The Kier molecular flexibility index (Phi) is 9.47. The number of amides is 3. The summed E-state index contributed by atoms with van der Waals surface area (Å²) >= 11 is 0. The number of aryl methyl sites for hydroxylation is 1. The van der Waals surface area contributed by atoms with Gasteiger partial charge < -0.3 is 15.2 Å². The van der Waals surface area contributed by atoms with Crippen molar-refractivity contribution in [2.75, 3.05) is 11.5 Å². The first-order chi connectivity index (χ1) is 20.9. The highest BCUT2D eigenvalue weighted by molar-refractivity contribution is 6.21. The molecule has 0 fully saturated rings. The Morgan fingerprint density at radius 2 is 1.57 bits per heavy atom. The van der Waals surface area contributed by atoms with E-state index in [9.17, 15) is 37.5 Å². The average Bonchev–Trinajstić information content (AvgIpc) is 3.28. The minimum atomic E-state index is -1.64. The fourth-order valence-electron chi connectivity index (χ4n) is 4.43. The number of nitrogens with zero attached hydrogens (tertiary/aromatic N) is 3. The van der Waals surface area contributed by atoms with Crippen molar-refractivity contribution in [2.24, 2.45) is 7.05 Å². The largest absolute Gasteiger partial charge is 0.480 e. The minimum absolute atomic E-state index is 0.00731. The predicted molar refractivity (Wildman–Crippen MR) is 153 cm³/mol. The molecule has 0 saturated heterocycles. The summed E-state index contributed by atoms with van der Waals surface area (Å²) in [4.78, 5) is 52.0. The van der Waals surface area contributed by atoms with E-state index in [1.54, 1.807) is 20.9 Å². The molecule has 3 aromatic carbocycles. The summed E-state index contributed by atoms with van der Waals surface area (Å²) in [5.74, 6) is -6.04. The van der Waals surface area contributed by atoms with Crippen molar-refractivity contribution in [3.8, 4) is 11.3 Å². The van der Waals surface area contributed by atoms with Gasteiger partial charge >= 0.3 is 12.1 Å². The normalized spacial score (nSPS) is 11.5. The highest BCUT2D eigenvalue weighted by Crippen LogP contribution is 2.35. The first kappa shape index (κ1) is 31.5. The van der Waals surface area contributed by atoms with Crippen LogP contribution >= 0.6 is 0 Å². The lowest BCUT2D eigenvalue weighted by molar-refractivity contribution is -0.139.